The monoisotopic (exact) mass is 237 g/mol. The maximum absolute atomic E-state index is 8.82. The van der Waals surface area contributed by atoms with Crippen LogP contribution in [0.1, 0.15) is 6.42 Å². The van der Waals surface area contributed by atoms with Crippen molar-refractivity contribution >= 4 is 11.3 Å². The summed E-state index contributed by atoms with van der Waals surface area (Å²) in [5.41, 5.74) is 5.89. The van der Waals surface area contributed by atoms with E-state index in [1.54, 1.807) is 17.5 Å². The lowest BCUT2D eigenvalue weighted by atomic mass is 10.2. The fourth-order valence-corrected chi connectivity index (χ4v) is 2.33. The van der Waals surface area contributed by atoms with Crippen LogP contribution in [-0.2, 0) is 6.54 Å². The van der Waals surface area contributed by atoms with E-state index in [4.69, 9.17) is 10.8 Å². The van der Waals surface area contributed by atoms with E-state index < -0.39 is 0 Å². The van der Waals surface area contributed by atoms with E-state index in [-0.39, 0.29) is 12.6 Å². The van der Waals surface area contributed by atoms with Crippen molar-refractivity contribution in [3.63, 3.8) is 0 Å². The van der Waals surface area contributed by atoms with Crippen molar-refractivity contribution in [3.8, 4) is 10.7 Å². The van der Waals surface area contributed by atoms with Gasteiger partial charge in [0.05, 0.1) is 4.88 Å². The van der Waals surface area contributed by atoms with E-state index in [0.29, 0.717) is 13.0 Å². The van der Waals surface area contributed by atoms with Gasteiger partial charge >= 0.3 is 0 Å². The summed E-state index contributed by atoms with van der Waals surface area (Å²) >= 11 is 1.66. The van der Waals surface area contributed by atoms with Crippen LogP contribution >= 0.6 is 11.3 Å². The van der Waals surface area contributed by atoms with Gasteiger partial charge in [0.25, 0.3) is 0 Å². The number of imidazole rings is 1. The molecule has 86 valence electrons. The Morgan fingerprint density at radius 1 is 1.56 bits per heavy atom. The molecule has 0 saturated carbocycles. The second kappa shape index (κ2) is 5.25. The Kier molecular flexibility index (Phi) is 3.71. The van der Waals surface area contributed by atoms with Crippen LogP contribution in [0.5, 0.6) is 0 Å². The van der Waals surface area contributed by atoms with Crippen molar-refractivity contribution in [2.75, 3.05) is 6.61 Å². The zero-order chi connectivity index (χ0) is 11.4. The fraction of sp³-hybridized carbons (Fsp3) is 0.364. The van der Waals surface area contributed by atoms with Gasteiger partial charge in [-0.25, -0.2) is 4.98 Å². The predicted molar refractivity (Wildman–Crippen MR) is 65.2 cm³/mol. The van der Waals surface area contributed by atoms with Crippen LogP contribution in [0, 0.1) is 0 Å². The standard InChI is InChI=1S/C11H15N3OS/c12-9(3-6-15)8-14-5-4-13-11(14)10-2-1-7-16-10/h1-2,4-5,7,9,15H,3,6,8,12H2. The summed E-state index contributed by atoms with van der Waals surface area (Å²) in [5.74, 6) is 0.948. The molecule has 2 aromatic rings. The maximum Gasteiger partial charge on any atom is 0.150 e. The molecule has 0 amide bonds. The van der Waals surface area contributed by atoms with Crippen LogP contribution in [0.25, 0.3) is 10.7 Å². The normalized spacial score (nSPS) is 12.9. The fourth-order valence-electron chi connectivity index (χ4n) is 1.60. The molecule has 1 atom stereocenters. The first-order chi connectivity index (χ1) is 7.81. The molecule has 0 spiro atoms. The van der Waals surface area contributed by atoms with E-state index in [2.05, 4.69) is 4.98 Å². The zero-order valence-corrected chi connectivity index (χ0v) is 9.73. The van der Waals surface area contributed by atoms with Crippen molar-refractivity contribution in [2.45, 2.75) is 19.0 Å². The molecule has 0 bridgehead atoms. The molecule has 1 unspecified atom stereocenters. The van der Waals surface area contributed by atoms with Crippen LogP contribution in [0.2, 0.25) is 0 Å². The Bertz CT molecular complexity index is 424. The van der Waals surface area contributed by atoms with E-state index in [1.165, 1.54) is 0 Å². The lowest BCUT2D eigenvalue weighted by Crippen LogP contribution is -2.27. The van der Waals surface area contributed by atoms with Crippen LogP contribution < -0.4 is 5.73 Å². The highest BCUT2D eigenvalue weighted by Crippen LogP contribution is 2.22. The molecule has 0 aliphatic heterocycles. The number of hydrogen-bond donors (Lipinski definition) is 2. The Morgan fingerprint density at radius 2 is 2.44 bits per heavy atom. The number of thiophene rings is 1. The second-order valence-electron chi connectivity index (χ2n) is 3.65. The molecule has 5 heteroatoms. The van der Waals surface area contributed by atoms with Gasteiger partial charge < -0.3 is 15.4 Å². The third kappa shape index (κ3) is 2.49. The van der Waals surface area contributed by atoms with Crippen LogP contribution in [0.4, 0.5) is 0 Å². The minimum atomic E-state index is -0.0297. The van der Waals surface area contributed by atoms with E-state index >= 15 is 0 Å². The number of nitrogens with zero attached hydrogens (tertiary/aromatic N) is 2. The molecule has 2 aromatic heterocycles. The number of nitrogens with two attached hydrogens (primary N) is 1. The quantitative estimate of drug-likeness (QED) is 0.824. The minimum absolute atomic E-state index is 0.0297. The Hall–Kier alpha value is -1.17. The van der Waals surface area contributed by atoms with Gasteiger partial charge in [-0.15, -0.1) is 11.3 Å². The van der Waals surface area contributed by atoms with Crippen LogP contribution in [0.15, 0.2) is 29.9 Å². The third-order valence-electron chi connectivity index (χ3n) is 2.39. The highest BCUT2D eigenvalue weighted by Gasteiger charge is 2.09. The van der Waals surface area contributed by atoms with E-state index in [9.17, 15) is 0 Å². The molecule has 0 radical (unpaired) electrons. The SMILES string of the molecule is NC(CCO)Cn1ccnc1-c1cccs1. The smallest absolute Gasteiger partial charge is 0.150 e. The molecule has 2 rings (SSSR count). The van der Waals surface area contributed by atoms with E-state index in [1.807, 2.05) is 28.3 Å². The summed E-state index contributed by atoms with van der Waals surface area (Å²) in [6.45, 7) is 0.817. The Labute approximate surface area is 98.4 Å². The number of rotatable bonds is 5. The van der Waals surface area contributed by atoms with Crippen molar-refractivity contribution in [1.29, 1.82) is 0 Å². The van der Waals surface area contributed by atoms with Gasteiger partial charge in [0.15, 0.2) is 0 Å². The number of hydrogen-bond acceptors (Lipinski definition) is 4. The molecule has 0 aromatic carbocycles. The summed E-state index contributed by atoms with van der Waals surface area (Å²) in [5, 5.41) is 10.8. The number of aliphatic hydroxyl groups excluding tert-OH is 1. The Balaban J connectivity index is 2.14. The molecule has 0 aliphatic carbocycles. The van der Waals surface area contributed by atoms with Crippen molar-refractivity contribution in [2.24, 2.45) is 5.73 Å². The molecule has 16 heavy (non-hydrogen) atoms. The van der Waals surface area contributed by atoms with Gasteiger partial charge in [-0.2, -0.15) is 0 Å². The van der Waals surface area contributed by atoms with Crippen LogP contribution in [0.3, 0.4) is 0 Å². The highest BCUT2D eigenvalue weighted by molar-refractivity contribution is 7.13. The molecule has 2 heterocycles. The average Bonchev–Trinajstić information content (AvgIpc) is 2.86. The molecular weight excluding hydrogens is 222 g/mol. The third-order valence-corrected chi connectivity index (χ3v) is 3.25. The molecule has 0 fully saturated rings. The minimum Gasteiger partial charge on any atom is -0.396 e. The van der Waals surface area contributed by atoms with E-state index in [0.717, 1.165) is 10.7 Å². The first-order valence-electron chi connectivity index (χ1n) is 5.22. The van der Waals surface area contributed by atoms with Crippen molar-refractivity contribution < 1.29 is 5.11 Å². The van der Waals surface area contributed by atoms with Crippen molar-refractivity contribution in [1.82, 2.24) is 9.55 Å². The molecule has 0 aliphatic rings. The molecule has 3 N–H and O–H groups in total. The topological polar surface area (TPSA) is 64.1 Å². The van der Waals surface area contributed by atoms with Crippen molar-refractivity contribution in [3.05, 3.63) is 29.9 Å². The van der Waals surface area contributed by atoms with Gasteiger partial charge in [-0.05, 0) is 17.9 Å². The largest absolute Gasteiger partial charge is 0.396 e. The first-order valence-corrected chi connectivity index (χ1v) is 6.10. The maximum atomic E-state index is 8.82. The summed E-state index contributed by atoms with van der Waals surface area (Å²) in [7, 11) is 0. The molecule has 4 nitrogen and oxygen atoms in total. The summed E-state index contributed by atoms with van der Waals surface area (Å²) in [6.07, 6.45) is 4.31. The van der Waals surface area contributed by atoms with Crippen LogP contribution in [-0.4, -0.2) is 27.3 Å². The lowest BCUT2D eigenvalue weighted by molar-refractivity contribution is 0.270. The predicted octanol–water partition coefficient (Wildman–Crippen LogP) is 1.32. The summed E-state index contributed by atoms with van der Waals surface area (Å²) in [6, 6.07) is 4.02. The summed E-state index contributed by atoms with van der Waals surface area (Å²) in [4.78, 5) is 5.47. The molecular formula is C11H15N3OS. The second-order valence-corrected chi connectivity index (χ2v) is 4.60. The van der Waals surface area contributed by atoms with Gasteiger partial charge in [-0.1, -0.05) is 6.07 Å². The lowest BCUT2D eigenvalue weighted by Gasteiger charge is -2.12. The highest BCUT2D eigenvalue weighted by atomic mass is 32.1. The zero-order valence-electron chi connectivity index (χ0n) is 8.91. The van der Waals surface area contributed by atoms with Gasteiger partial charge in [0.2, 0.25) is 0 Å². The van der Waals surface area contributed by atoms with Gasteiger partial charge in [-0.3, -0.25) is 0 Å². The molecule has 0 saturated heterocycles. The van der Waals surface area contributed by atoms with Gasteiger partial charge in [0, 0.05) is 31.6 Å². The summed E-state index contributed by atoms with van der Waals surface area (Å²) < 4.78 is 2.03. The Morgan fingerprint density at radius 3 is 3.12 bits per heavy atom. The number of aromatic nitrogens is 2. The first kappa shape index (κ1) is 11.3. The average molecular weight is 237 g/mol. The number of aliphatic hydroxyl groups is 1. The van der Waals surface area contributed by atoms with Gasteiger partial charge in [0.1, 0.15) is 5.82 Å².